The van der Waals surface area contributed by atoms with Crippen molar-refractivity contribution in [3.8, 4) is 0 Å². The van der Waals surface area contributed by atoms with Crippen LogP contribution in [0.3, 0.4) is 0 Å². The lowest BCUT2D eigenvalue weighted by molar-refractivity contribution is -0.211. The first-order valence-electron chi connectivity index (χ1n) is 18.0. The van der Waals surface area contributed by atoms with Crippen LogP contribution in [0.25, 0.3) is 11.2 Å². The minimum atomic E-state index is -1.32. The molecule has 2 aromatic carbocycles. The van der Waals surface area contributed by atoms with Crippen LogP contribution in [0.5, 0.6) is 0 Å². The van der Waals surface area contributed by atoms with Gasteiger partial charge in [-0.25, -0.2) is 20.2 Å². The van der Waals surface area contributed by atoms with E-state index in [0.29, 0.717) is 48.7 Å². The van der Waals surface area contributed by atoms with Crippen molar-refractivity contribution in [2.24, 2.45) is 11.0 Å². The van der Waals surface area contributed by atoms with Crippen molar-refractivity contribution in [3.63, 3.8) is 0 Å². The number of hydrazone groups is 1. The van der Waals surface area contributed by atoms with Gasteiger partial charge in [-0.15, -0.1) is 0 Å². The summed E-state index contributed by atoms with van der Waals surface area (Å²) in [6.45, 7) is 6.99. The zero-order chi connectivity index (χ0) is 39.8. The number of aliphatic hydroxyl groups is 1. The number of hydrogen-bond acceptors (Lipinski definition) is 14. The Morgan fingerprint density at radius 1 is 1.09 bits per heavy atom. The number of aliphatic hydroxyl groups excluding tert-OH is 1. The first-order valence-corrected chi connectivity index (χ1v) is 18.0. The molecule has 5 rings (SSSR count). The first kappa shape index (κ1) is 40.4. The quantitative estimate of drug-likeness (QED) is 0.0670. The zero-order valence-electron chi connectivity index (χ0n) is 31.5. The number of nitrogens with zero attached hydrogens (tertiary/aromatic N) is 7. The van der Waals surface area contributed by atoms with Gasteiger partial charge in [-0.2, -0.15) is 20.1 Å². The molecular weight excluding hydrogens is 706 g/mol. The van der Waals surface area contributed by atoms with E-state index in [1.165, 1.54) is 6.21 Å². The molecule has 55 heavy (non-hydrogen) atoms. The van der Waals surface area contributed by atoms with Crippen LogP contribution < -0.4 is 27.1 Å². The number of fused-ring (bicyclic) bond motifs is 1. The van der Waals surface area contributed by atoms with E-state index in [1.807, 2.05) is 54.3 Å². The number of hydrogen-bond donors (Lipinski definition) is 6. The molecule has 1 aliphatic heterocycles. The molecule has 1 fully saturated rings. The number of hydroxylamine groups is 2. The summed E-state index contributed by atoms with van der Waals surface area (Å²) in [5.74, 6) is -1.93. The number of carboxylic acids is 1. The number of rotatable bonds is 17. The summed E-state index contributed by atoms with van der Waals surface area (Å²) in [6, 6.07) is 15.2. The van der Waals surface area contributed by atoms with Crippen molar-refractivity contribution in [1.82, 2.24) is 35.7 Å². The normalized spacial score (nSPS) is 19.2. The maximum atomic E-state index is 13.0. The van der Waals surface area contributed by atoms with Gasteiger partial charge in [0.1, 0.15) is 11.6 Å². The Morgan fingerprint density at radius 3 is 2.49 bits per heavy atom. The molecule has 8 N–H and O–H groups in total. The van der Waals surface area contributed by atoms with Crippen molar-refractivity contribution in [3.05, 3.63) is 77.6 Å². The minimum Gasteiger partial charge on any atom is -0.480 e. The molecule has 2 amide bonds. The molecule has 292 valence electrons. The third-order valence-electron chi connectivity index (χ3n) is 9.32. The largest absolute Gasteiger partial charge is 0.480 e. The third-order valence-corrected chi connectivity index (χ3v) is 9.32. The number of carbonyl (C=O) groups is 3. The highest BCUT2D eigenvalue weighted by atomic mass is 16.7. The number of anilines is 3. The van der Waals surface area contributed by atoms with E-state index in [1.54, 1.807) is 30.5 Å². The highest BCUT2D eigenvalue weighted by molar-refractivity contribution is 5.97. The van der Waals surface area contributed by atoms with Crippen molar-refractivity contribution >= 4 is 52.6 Å². The average Bonchev–Trinajstić information content (AvgIpc) is 3.39. The molecule has 1 saturated heterocycles. The Balaban J connectivity index is 1.14. The molecule has 0 aliphatic carbocycles. The molecule has 1 aliphatic rings. The van der Waals surface area contributed by atoms with Crippen LogP contribution >= 0.6 is 0 Å². The van der Waals surface area contributed by atoms with Gasteiger partial charge >= 0.3 is 5.97 Å². The maximum absolute atomic E-state index is 13.0. The van der Waals surface area contributed by atoms with E-state index in [9.17, 15) is 24.6 Å². The molecule has 0 radical (unpaired) electrons. The molecule has 3 heterocycles. The van der Waals surface area contributed by atoms with Crippen molar-refractivity contribution in [2.75, 3.05) is 30.0 Å². The van der Waals surface area contributed by atoms with Crippen LogP contribution in [0.2, 0.25) is 0 Å². The minimum absolute atomic E-state index is 0.00911. The van der Waals surface area contributed by atoms with Gasteiger partial charge in [0, 0.05) is 44.3 Å². The Morgan fingerprint density at radius 2 is 1.82 bits per heavy atom. The Labute approximate surface area is 319 Å². The lowest BCUT2D eigenvalue weighted by Gasteiger charge is -2.37. The lowest BCUT2D eigenvalue weighted by atomic mass is 9.78. The predicted octanol–water partition coefficient (Wildman–Crippen LogP) is 3.05. The van der Waals surface area contributed by atoms with Crippen LogP contribution in [-0.2, 0) is 27.5 Å². The number of nitrogens with two attached hydrogens (primary N) is 2. The summed E-state index contributed by atoms with van der Waals surface area (Å²) in [5.41, 5.74) is 16.0. The summed E-state index contributed by atoms with van der Waals surface area (Å²) in [4.78, 5) is 62.9. The van der Waals surface area contributed by atoms with E-state index < -0.39 is 35.0 Å². The van der Waals surface area contributed by atoms with Gasteiger partial charge < -0.3 is 31.9 Å². The first-order chi connectivity index (χ1) is 26.2. The summed E-state index contributed by atoms with van der Waals surface area (Å²) in [6.07, 6.45) is 4.56. The number of amides is 2. The van der Waals surface area contributed by atoms with Crippen molar-refractivity contribution in [1.29, 1.82) is 0 Å². The van der Waals surface area contributed by atoms with Gasteiger partial charge in [0.05, 0.1) is 30.2 Å². The summed E-state index contributed by atoms with van der Waals surface area (Å²) >= 11 is 0. The summed E-state index contributed by atoms with van der Waals surface area (Å²) in [7, 11) is 1.83. The molecular formula is C38H49N11O6. The molecule has 0 saturated carbocycles. The molecule has 0 spiro atoms. The fraction of sp³-hybridized carbons (Fsp3) is 0.421. The Kier molecular flexibility index (Phi) is 12.9. The van der Waals surface area contributed by atoms with Gasteiger partial charge in [0.2, 0.25) is 11.9 Å². The van der Waals surface area contributed by atoms with E-state index in [2.05, 4.69) is 49.6 Å². The Hall–Kier alpha value is -5.78. The number of aliphatic carboxylic acids is 1. The second kappa shape index (κ2) is 17.6. The van der Waals surface area contributed by atoms with Gasteiger partial charge in [-0.05, 0) is 61.9 Å². The van der Waals surface area contributed by atoms with E-state index in [-0.39, 0.29) is 36.8 Å². The smallest absolute Gasteiger partial charge is 0.326 e. The zero-order valence-corrected chi connectivity index (χ0v) is 31.5. The predicted molar refractivity (Wildman–Crippen MR) is 207 cm³/mol. The lowest BCUT2D eigenvalue weighted by Crippen LogP contribution is -2.44. The SMILES string of the molecule is CC(C)C[C@]1(CCO)C[C@](C)(/C=N/NC(=O)CC[C@H](NC(=O)c2ccc(N(C)Cc3cnc4nc(N)nc(N)c4n3)cc2)C(=O)O)ON1Cc1ccccc1. The molecule has 17 heteroatoms. The molecule has 0 bridgehead atoms. The number of carbonyl (C=O) groups excluding carboxylic acids is 2. The van der Waals surface area contributed by atoms with E-state index in [0.717, 1.165) is 17.7 Å². The van der Waals surface area contributed by atoms with E-state index >= 15 is 0 Å². The summed E-state index contributed by atoms with van der Waals surface area (Å²) < 4.78 is 0. The van der Waals surface area contributed by atoms with Crippen LogP contribution in [0.1, 0.15) is 74.5 Å². The highest BCUT2D eigenvalue weighted by Crippen LogP contribution is 2.44. The molecule has 3 atom stereocenters. The molecule has 0 unspecified atom stereocenters. The van der Waals surface area contributed by atoms with Crippen molar-refractivity contribution < 1.29 is 29.4 Å². The number of aromatic nitrogens is 4. The topological polar surface area (TPSA) is 247 Å². The van der Waals surface area contributed by atoms with Crippen molar-refractivity contribution in [2.45, 2.75) is 83.1 Å². The third kappa shape index (κ3) is 10.5. The van der Waals surface area contributed by atoms with Crippen LogP contribution in [0, 0.1) is 5.92 Å². The second-order valence-corrected chi connectivity index (χ2v) is 14.5. The fourth-order valence-electron chi connectivity index (χ4n) is 6.93. The molecule has 4 aromatic rings. The van der Waals surface area contributed by atoms with Crippen LogP contribution in [0.4, 0.5) is 17.5 Å². The highest BCUT2D eigenvalue weighted by Gasteiger charge is 2.52. The van der Waals surface area contributed by atoms with E-state index in [4.69, 9.17) is 16.3 Å². The molecule has 17 nitrogen and oxygen atoms in total. The van der Waals surface area contributed by atoms with Crippen LogP contribution in [0.15, 0.2) is 65.9 Å². The van der Waals surface area contributed by atoms with Gasteiger partial charge in [0.25, 0.3) is 5.91 Å². The van der Waals surface area contributed by atoms with Gasteiger partial charge in [-0.1, -0.05) is 44.2 Å². The number of carboxylic acid groups (broad SMARTS) is 1. The van der Waals surface area contributed by atoms with Gasteiger partial charge in [0.15, 0.2) is 17.0 Å². The Bertz CT molecular complexity index is 2000. The number of nitrogens with one attached hydrogen (secondary N) is 2. The maximum Gasteiger partial charge on any atom is 0.326 e. The van der Waals surface area contributed by atoms with Crippen LogP contribution in [-0.4, -0.2) is 90.0 Å². The number of nitrogen functional groups attached to an aromatic ring is 2. The monoisotopic (exact) mass is 755 g/mol. The number of benzene rings is 2. The van der Waals surface area contributed by atoms with Gasteiger partial charge in [-0.3, -0.25) is 14.4 Å². The summed E-state index contributed by atoms with van der Waals surface area (Å²) in [5, 5.41) is 28.5. The standard InChI is InChI=1S/C38H49N11O6/c1-24(2)18-38(16-17-50)22-37(3,55-49(38)20-25-8-6-5-7-9-25)23-42-47-30(51)15-14-29(35(53)54)44-34(52)26-10-12-28(13-11-26)48(4)21-27-19-41-33-31(43-27)32(39)45-36(40)46-33/h5-13,19,23-24,29,50H,14-18,20-22H2,1-4H3,(H,44,52)(H,47,51)(H,53,54)(H4,39,40,41,45,46)/b42-23+/t29-,37+,38+/m0/s1. The second-order valence-electron chi connectivity index (χ2n) is 14.5. The molecule has 2 aromatic heterocycles. The average molecular weight is 756 g/mol. The fourth-order valence-corrected chi connectivity index (χ4v) is 6.93.